The zero-order valence-corrected chi connectivity index (χ0v) is 10.4. The second kappa shape index (κ2) is 4.93. The molecule has 0 N–H and O–H groups in total. The molecule has 2 nitrogen and oxygen atoms in total. The topological polar surface area (TPSA) is 20.3 Å². The Balaban J connectivity index is 2.48. The third-order valence-corrected chi connectivity index (χ3v) is 3.47. The summed E-state index contributed by atoms with van der Waals surface area (Å²) in [5, 5.41) is 0. The van der Waals surface area contributed by atoms with E-state index < -0.39 is 0 Å². The fraction of sp³-hybridized carbons (Fsp3) is 0.769. The van der Waals surface area contributed by atoms with Crippen LogP contribution in [-0.4, -0.2) is 30.3 Å². The van der Waals surface area contributed by atoms with Gasteiger partial charge in [0, 0.05) is 6.54 Å². The molecular formula is C13H23NO. The molecule has 1 rings (SSSR count). The maximum absolute atomic E-state index is 11.4. The van der Waals surface area contributed by atoms with Crippen LogP contribution in [0.15, 0.2) is 12.2 Å². The summed E-state index contributed by atoms with van der Waals surface area (Å²) >= 11 is 0. The van der Waals surface area contributed by atoms with Crippen molar-refractivity contribution >= 4 is 5.78 Å². The van der Waals surface area contributed by atoms with Gasteiger partial charge in [0.2, 0.25) is 0 Å². The molecule has 1 heterocycles. The van der Waals surface area contributed by atoms with Gasteiger partial charge in [-0.25, -0.2) is 0 Å². The molecule has 1 saturated heterocycles. The molecule has 0 aromatic carbocycles. The van der Waals surface area contributed by atoms with Crippen molar-refractivity contribution < 1.29 is 4.79 Å². The quantitative estimate of drug-likeness (QED) is 0.663. The Labute approximate surface area is 93.3 Å². The van der Waals surface area contributed by atoms with E-state index in [9.17, 15) is 4.79 Å². The Kier molecular flexibility index (Phi) is 4.09. The second-order valence-corrected chi connectivity index (χ2v) is 5.18. The van der Waals surface area contributed by atoms with E-state index in [4.69, 9.17) is 0 Å². The van der Waals surface area contributed by atoms with Gasteiger partial charge in [0.05, 0.1) is 6.04 Å². The van der Waals surface area contributed by atoms with E-state index in [0.29, 0.717) is 17.6 Å². The Bertz CT molecular complexity index is 257. The number of carbonyl (C=O) groups is 1. The summed E-state index contributed by atoms with van der Waals surface area (Å²) in [7, 11) is 2.05. The Hall–Kier alpha value is -0.630. The molecule has 0 amide bonds. The maximum atomic E-state index is 11.4. The first kappa shape index (κ1) is 12.4. The lowest BCUT2D eigenvalue weighted by Gasteiger charge is -2.15. The van der Waals surface area contributed by atoms with E-state index in [-0.39, 0.29) is 6.04 Å². The summed E-state index contributed by atoms with van der Waals surface area (Å²) in [6.45, 7) is 11.2. The highest BCUT2D eigenvalue weighted by molar-refractivity contribution is 5.81. The number of likely N-dealkylation sites (tertiary alicyclic amines) is 1. The van der Waals surface area contributed by atoms with E-state index in [2.05, 4.69) is 25.3 Å². The maximum Gasteiger partial charge on any atom is 0.146 e. The van der Waals surface area contributed by atoms with Gasteiger partial charge in [-0.2, -0.15) is 0 Å². The first-order valence-corrected chi connectivity index (χ1v) is 5.80. The van der Waals surface area contributed by atoms with E-state index in [1.165, 1.54) is 5.57 Å². The molecule has 0 aliphatic carbocycles. The second-order valence-electron chi connectivity index (χ2n) is 5.18. The number of nitrogens with zero attached hydrogens (tertiary/aromatic N) is 1. The van der Waals surface area contributed by atoms with Crippen LogP contribution < -0.4 is 0 Å². The number of rotatable bonds is 4. The van der Waals surface area contributed by atoms with Gasteiger partial charge in [-0.05, 0) is 38.6 Å². The van der Waals surface area contributed by atoms with Gasteiger partial charge in [0.1, 0.15) is 5.78 Å². The van der Waals surface area contributed by atoms with Crippen molar-refractivity contribution in [3.8, 4) is 0 Å². The lowest BCUT2D eigenvalue weighted by molar-refractivity contribution is -0.120. The molecule has 2 atom stereocenters. The van der Waals surface area contributed by atoms with Gasteiger partial charge in [0.15, 0.2) is 0 Å². The highest BCUT2D eigenvalue weighted by atomic mass is 16.1. The van der Waals surface area contributed by atoms with Crippen molar-refractivity contribution in [2.24, 2.45) is 11.8 Å². The number of hydrogen-bond donors (Lipinski definition) is 0. The zero-order valence-electron chi connectivity index (χ0n) is 10.4. The Morgan fingerprint density at radius 3 is 2.53 bits per heavy atom. The smallest absolute Gasteiger partial charge is 0.146 e. The molecule has 2 heteroatoms. The minimum Gasteiger partial charge on any atom is -0.298 e. The van der Waals surface area contributed by atoms with E-state index in [1.807, 2.05) is 7.05 Å². The molecule has 15 heavy (non-hydrogen) atoms. The van der Waals surface area contributed by atoms with Crippen LogP contribution >= 0.6 is 0 Å². The largest absolute Gasteiger partial charge is 0.298 e. The van der Waals surface area contributed by atoms with Crippen LogP contribution in [0.4, 0.5) is 0 Å². The van der Waals surface area contributed by atoms with Gasteiger partial charge in [-0.1, -0.05) is 26.0 Å². The van der Waals surface area contributed by atoms with Crippen molar-refractivity contribution in [1.29, 1.82) is 0 Å². The molecule has 0 spiro atoms. The van der Waals surface area contributed by atoms with Crippen molar-refractivity contribution in [2.75, 3.05) is 13.6 Å². The first-order valence-electron chi connectivity index (χ1n) is 5.80. The van der Waals surface area contributed by atoms with Gasteiger partial charge >= 0.3 is 0 Å². The van der Waals surface area contributed by atoms with Crippen LogP contribution in [0.25, 0.3) is 0 Å². The minimum absolute atomic E-state index is 0.148. The van der Waals surface area contributed by atoms with Gasteiger partial charge < -0.3 is 0 Å². The lowest BCUT2D eigenvalue weighted by atomic mass is 9.91. The summed E-state index contributed by atoms with van der Waals surface area (Å²) in [6.07, 6.45) is 2.09. The third kappa shape index (κ3) is 3.16. The van der Waals surface area contributed by atoms with Crippen molar-refractivity contribution in [3.05, 3.63) is 12.2 Å². The normalized spacial score (nSPS) is 27.3. The van der Waals surface area contributed by atoms with Crippen molar-refractivity contribution in [1.82, 2.24) is 4.90 Å². The molecule has 0 aromatic heterocycles. The standard InChI is InChI=1S/C13H23NO/c1-9(2)10(3)6-12-7-13(11(4)15)14(5)8-12/h9,12-13H,3,6-8H2,1-2,4-5H3/t12-,13+/m1/s1. The predicted octanol–water partition coefficient (Wildman–Crippen LogP) is 2.50. The monoisotopic (exact) mass is 209 g/mol. The first-order chi connectivity index (χ1) is 6.91. The SMILES string of the molecule is C=C(C[C@@H]1C[C@@H](C(C)=O)N(C)C1)C(C)C. The van der Waals surface area contributed by atoms with E-state index in [1.54, 1.807) is 6.92 Å². The average molecular weight is 209 g/mol. The third-order valence-electron chi connectivity index (χ3n) is 3.47. The zero-order chi connectivity index (χ0) is 11.6. The molecule has 1 fully saturated rings. The van der Waals surface area contributed by atoms with E-state index >= 15 is 0 Å². The molecule has 0 aromatic rings. The minimum atomic E-state index is 0.148. The van der Waals surface area contributed by atoms with E-state index in [0.717, 1.165) is 19.4 Å². The average Bonchev–Trinajstić information content (AvgIpc) is 2.46. The van der Waals surface area contributed by atoms with Crippen LogP contribution in [0.2, 0.25) is 0 Å². The summed E-state index contributed by atoms with van der Waals surface area (Å²) in [5.41, 5.74) is 1.32. The molecule has 1 aliphatic rings. The predicted molar refractivity (Wildman–Crippen MR) is 63.8 cm³/mol. The fourth-order valence-electron chi connectivity index (χ4n) is 2.34. The number of allylic oxidation sites excluding steroid dienone is 1. The number of carbonyl (C=O) groups excluding carboxylic acids is 1. The summed E-state index contributed by atoms with van der Waals surface area (Å²) in [6, 6.07) is 0.148. The van der Waals surface area contributed by atoms with Gasteiger partial charge in [0.25, 0.3) is 0 Å². The van der Waals surface area contributed by atoms with Gasteiger partial charge in [-0.3, -0.25) is 9.69 Å². The van der Waals surface area contributed by atoms with Crippen LogP contribution in [0.1, 0.15) is 33.6 Å². The Morgan fingerprint density at radius 1 is 1.53 bits per heavy atom. The molecular weight excluding hydrogens is 186 g/mol. The van der Waals surface area contributed by atoms with Crippen LogP contribution in [-0.2, 0) is 4.79 Å². The van der Waals surface area contributed by atoms with Crippen LogP contribution in [0.3, 0.4) is 0 Å². The summed E-state index contributed by atoms with van der Waals surface area (Å²) in [5.74, 6) is 1.49. The number of hydrogen-bond acceptors (Lipinski definition) is 2. The van der Waals surface area contributed by atoms with Crippen LogP contribution in [0.5, 0.6) is 0 Å². The molecule has 1 aliphatic heterocycles. The number of likely N-dealkylation sites (N-methyl/N-ethyl adjacent to an activating group) is 1. The molecule has 0 bridgehead atoms. The molecule has 0 unspecified atom stereocenters. The summed E-state index contributed by atoms with van der Waals surface area (Å²) < 4.78 is 0. The number of ketones is 1. The Morgan fingerprint density at radius 2 is 2.13 bits per heavy atom. The summed E-state index contributed by atoms with van der Waals surface area (Å²) in [4.78, 5) is 13.5. The molecule has 86 valence electrons. The molecule has 0 saturated carbocycles. The highest BCUT2D eigenvalue weighted by Crippen LogP contribution is 2.29. The van der Waals surface area contributed by atoms with Crippen molar-refractivity contribution in [2.45, 2.75) is 39.7 Å². The van der Waals surface area contributed by atoms with Crippen LogP contribution in [0, 0.1) is 11.8 Å². The highest BCUT2D eigenvalue weighted by Gasteiger charge is 2.32. The molecule has 0 radical (unpaired) electrons. The van der Waals surface area contributed by atoms with Gasteiger partial charge in [-0.15, -0.1) is 0 Å². The van der Waals surface area contributed by atoms with Crippen molar-refractivity contribution in [3.63, 3.8) is 0 Å². The lowest BCUT2D eigenvalue weighted by Crippen LogP contribution is -2.30. The fourth-order valence-corrected chi connectivity index (χ4v) is 2.34. The number of Topliss-reactive ketones (excluding diaryl/α,β-unsaturated/α-hetero) is 1.